The van der Waals surface area contributed by atoms with E-state index in [0.717, 1.165) is 6.42 Å². The molecule has 0 unspecified atom stereocenters. The van der Waals surface area contributed by atoms with Crippen LogP contribution in [0, 0.1) is 0 Å². The number of anilines is 2. The maximum Gasteiger partial charge on any atom is 0.250 e. The molecule has 0 saturated heterocycles. The lowest BCUT2D eigenvalue weighted by molar-refractivity contribution is -0.120. The average Bonchev–Trinajstić information content (AvgIpc) is 2.91. The van der Waals surface area contributed by atoms with Gasteiger partial charge in [0, 0.05) is 16.3 Å². The van der Waals surface area contributed by atoms with Crippen molar-refractivity contribution in [3.05, 3.63) is 45.6 Å². The van der Waals surface area contributed by atoms with Gasteiger partial charge in [0.25, 0.3) is 0 Å². The molecule has 4 nitrogen and oxygen atoms in total. The molecule has 1 heterocycles. The Morgan fingerprint density at radius 1 is 1.40 bits per heavy atom. The Balaban J connectivity index is 1.72. The fraction of sp³-hybridized carbons (Fsp3) is 0.214. The molecule has 0 fully saturated rings. The van der Waals surface area contributed by atoms with Crippen LogP contribution in [-0.4, -0.2) is 19.1 Å². The molecular weight excluding hydrogens is 296 g/mol. The van der Waals surface area contributed by atoms with Gasteiger partial charge in [0.05, 0.1) is 18.0 Å². The minimum atomic E-state index is -0.231. The van der Waals surface area contributed by atoms with Crippen LogP contribution in [0.5, 0.6) is 0 Å². The van der Waals surface area contributed by atoms with Crippen LogP contribution in [-0.2, 0) is 16.0 Å². The van der Waals surface area contributed by atoms with E-state index in [0.29, 0.717) is 23.0 Å². The van der Waals surface area contributed by atoms with E-state index in [1.165, 1.54) is 4.88 Å². The Kier molecular flexibility index (Phi) is 5.40. The van der Waals surface area contributed by atoms with E-state index in [9.17, 15) is 4.79 Å². The summed E-state index contributed by atoms with van der Waals surface area (Å²) in [4.78, 5) is 12.9. The van der Waals surface area contributed by atoms with Crippen LogP contribution in [0.2, 0.25) is 5.02 Å². The van der Waals surface area contributed by atoms with Gasteiger partial charge in [-0.25, -0.2) is 0 Å². The van der Waals surface area contributed by atoms with E-state index in [2.05, 4.69) is 5.32 Å². The second-order valence-electron chi connectivity index (χ2n) is 4.16. The average molecular weight is 311 g/mol. The Hall–Kier alpha value is -1.56. The molecule has 3 N–H and O–H groups in total. The molecular formula is C14H15ClN2O2S. The molecule has 1 aromatic heterocycles. The zero-order chi connectivity index (χ0) is 14.4. The number of ether oxygens (including phenoxy) is 1. The molecule has 0 spiro atoms. The lowest BCUT2D eigenvalue weighted by Crippen LogP contribution is -2.19. The first-order valence-electron chi connectivity index (χ1n) is 6.10. The van der Waals surface area contributed by atoms with E-state index in [4.69, 9.17) is 22.1 Å². The summed E-state index contributed by atoms with van der Waals surface area (Å²) >= 11 is 7.47. The van der Waals surface area contributed by atoms with Crippen molar-refractivity contribution in [2.24, 2.45) is 0 Å². The second-order valence-corrected chi connectivity index (χ2v) is 5.63. The molecule has 1 amide bonds. The highest BCUT2D eigenvalue weighted by atomic mass is 35.5. The topological polar surface area (TPSA) is 64.3 Å². The fourth-order valence-electron chi connectivity index (χ4n) is 1.63. The predicted molar refractivity (Wildman–Crippen MR) is 83.3 cm³/mol. The number of nitrogens with two attached hydrogens (primary N) is 1. The molecule has 0 aliphatic heterocycles. The van der Waals surface area contributed by atoms with Crippen LogP contribution in [0.15, 0.2) is 35.7 Å². The van der Waals surface area contributed by atoms with Crippen molar-refractivity contribution in [1.29, 1.82) is 0 Å². The molecule has 106 valence electrons. The third-order valence-electron chi connectivity index (χ3n) is 2.59. The third kappa shape index (κ3) is 4.52. The van der Waals surface area contributed by atoms with Gasteiger partial charge in [0.15, 0.2) is 0 Å². The van der Waals surface area contributed by atoms with Gasteiger partial charge in [-0.1, -0.05) is 17.7 Å². The number of benzene rings is 1. The number of hydrogen-bond acceptors (Lipinski definition) is 4. The number of nitrogens with one attached hydrogen (secondary N) is 1. The van der Waals surface area contributed by atoms with Gasteiger partial charge in [-0.2, -0.15) is 0 Å². The number of amides is 1. The highest BCUT2D eigenvalue weighted by Crippen LogP contribution is 2.22. The van der Waals surface area contributed by atoms with Crippen molar-refractivity contribution in [2.45, 2.75) is 6.42 Å². The van der Waals surface area contributed by atoms with Gasteiger partial charge in [0.1, 0.15) is 6.61 Å². The second kappa shape index (κ2) is 7.28. The van der Waals surface area contributed by atoms with Crippen molar-refractivity contribution < 1.29 is 9.53 Å². The van der Waals surface area contributed by atoms with Crippen molar-refractivity contribution in [1.82, 2.24) is 0 Å². The highest BCUT2D eigenvalue weighted by Gasteiger charge is 2.06. The summed E-state index contributed by atoms with van der Waals surface area (Å²) in [5.74, 6) is -0.231. The van der Waals surface area contributed by atoms with E-state index < -0.39 is 0 Å². The zero-order valence-corrected chi connectivity index (χ0v) is 12.3. The van der Waals surface area contributed by atoms with Crippen molar-refractivity contribution in [2.75, 3.05) is 24.3 Å². The minimum absolute atomic E-state index is 0.00738. The Bertz CT molecular complexity index is 573. The van der Waals surface area contributed by atoms with Crippen molar-refractivity contribution >= 4 is 40.2 Å². The van der Waals surface area contributed by atoms with Gasteiger partial charge in [-0.05, 0) is 29.6 Å². The molecule has 0 aliphatic carbocycles. The number of rotatable bonds is 6. The van der Waals surface area contributed by atoms with Gasteiger partial charge < -0.3 is 15.8 Å². The lowest BCUT2D eigenvalue weighted by Gasteiger charge is -2.08. The van der Waals surface area contributed by atoms with Crippen molar-refractivity contribution in [3.8, 4) is 0 Å². The number of carbonyl (C=O) groups excluding carboxylic acids is 1. The minimum Gasteiger partial charge on any atom is -0.397 e. The Labute approximate surface area is 126 Å². The first-order chi connectivity index (χ1) is 9.65. The standard InChI is InChI=1S/C14H15ClN2O2S/c15-10-3-4-13(12(16)8-10)17-14(18)9-19-6-5-11-2-1-7-20-11/h1-4,7-8H,5-6,9,16H2,(H,17,18). The Morgan fingerprint density at radius 3 is 2.95 bits per heavy atom. The lowest BCUT2D eigenvalue weighted by atomic mass is 10.2. The van der Waals surface area contributed by atoms with Crippen LogP contribution in [0.1, 0.15) is 4.88 Å². The van der Waals surface area contributed by atoms with Crippen LogP contribution in [0.4, 0.5) is 11.4 Å². The first kappa shape index (κ1) is 14.8. The summed E-state index contributed by atoms with van der Waals surface area (Å²) < 4.78 is 5.33. The van der Waals surface area contributed by atoms with Gasteiger partial charge >= 0.3 is 0 Å². The highest BCUT2D eigenvalue weighted by molar-refractivity contribution is 7.09. The third-order valence-corrected chi connectivity index (χ3v) is 3.77. The number of carbonyl (C=O) groups is 1. The fourth-order valence-corrected chi connectivity index (χ4v) is 2.50. The molecule has 20 heavy (non-hydrogen) atoms. The van der Waals surface area contributed by atoms with Gasteiger partial charge in [0.2, 0.25) is 5.91 Å². The monoisotopic (exact) mass is 310 g/mol. The summed E-state index contributed by atoms with van der Waals surface area (Å²) in [7, 11) is 0. The molecule has 1 aromatic carbocycles. The molecule has 2 aromatic rings. The summed E-state index contributed by atoms with van der Waals surface area (Å²) in [5, 5.41) is 5.24. The molecule has 0 atom stereocenters. The largest absolute Gasteiger partial charge is 0.397 e. The van der Waals surface area contributed by atoms with Crippen LogP contribution >= 0.6 is 22.9 Å². The zero-order valence-electron chi connectivity index (χ0n) is 10.8. The van der Waals surface area contributed by atoms with Crippen LogP contribution in [0.3, 0.4) is 0 Å². The molecule has 0 saturated carbocycles. The van der Waals surface area contributed by atoms with Gasteiger partial charge in [-0.3, -0.25) is 4.79 Å². The van der Waals surface area contributed by atoms with Crippen LogP contribution in [0.25, 0.3) is 0 Å². The van der Waals surface area contributed by atoms with Crippen molar-refractivity contribution in [3.63, 3.8) is 0 Å². The predicted octanol–water partition coefficient (Wildman–Crippen LogP) is 3.18. The SMILES string of the molecule is Nc1cc(Cl)ccc1NC(=O)COCCc1cccs1. The number of thiophene rings is 1. The molecule has 0 bridgehead atoms. The molecule has 6 heteroatoms. The van der Waals surface area contributed by atoms with E-state index >= 15 is 0 Å². The van der Waals surface area contributed by atoms with E-state index in [-0.39, 0.29) is 12.5 Å². The molecule has 0 radical (unpaired) electrons. The quantitative estimate of drug-likeness (QED) is 0.636. The smallest absolute Gasteiger partial charge is 0.250 e. The Morgan fingerprint density at radius 2 is 2.25 bits per heavy atom. The first-order valence-corrected chi connectivity index (χ1v) is 7.36. The summed E-state index contributed by atoms with van der Waals surface area (Å²) in [6.07, 6.45) is 0.814. The maximum absolute atomic E-state index is 11.7. The molecule has 2 rings (SSSR count). The number of halogens is 1. The molecule has 0 aliphatic rings. The number of nitrogen functional groups attached to an aromatic ring is 1. The van der Waals surface area contributed by atoms with Gasteiger partial charge in [-0.15, -0.1) is 11.3 Å². The maximum atomic E-state index is 11.7. The number of hydrogen-bond donors (Lipinski definition) is 2. The normalized spacial score (nSPS) is 10.4. The van der Waals surface area contributed by atoms with E-state index in [1.807, 2.05) is 17.5 Å². The summed E-state index contributed by atoms with van der Waals surface area (Å²) in [6, 6.07) is 8.97. The van der Waals surface area contributed by atoms with E-state index in [1.54, 1.807) is 29.5 Å². The van der Waals surface area contributed by atoms with Crippen LogP contribution < -0.4 is 11.1 Å². The summed E-state index contributed by atoms with van der Waals surface area (Å²) in [5.41, 5.74) is 6.73. The summed E-state index contributed by atoms with van der Waals surface area (Å²) in [6.45, 7) is 0.525.